The van der Waals surface area contributed by atoms with E-state index in [1.54, 1.807) is 60.7 Å². The number of carbonyl (C=O) groups excluding carboxylic acids is 2. The number of nitrogens with zero attached hydrogens (tertiary/aromatic N) is 1. The molecule has 0 bridgehead atoms. The van der Waals surface area contributed by atoms with E-state index in [2.05, 4.69) is 0 Å². The van der Waals surface area contributed by atoms with Gasteiger partial charge in [0.05, 0.1) is 4.91 Å². The number of thiocarbonyl (C=S) groups is 1. The van der Waals surface area contributed by atoms with Crippen LogP contribution in [-0.4, -0.2) is 38.1 Å². The number of hydrogen-bond acceptors (Lipinski definition) is 6. The van der Waals surface area contributed by atoms with Gasteiger partial charge in [0, 0.05) is 5.56 Å². The fraction of sp³-hybridized carbons (Fsp3) is 0.217. The van der Waals surface area contributed by atoms with Crippen LogP contribution in [0.1, 0.15) is 37.4 Å². The SMILES string of the molecule is CCC(Oc1ccccc1/C=C1\SC(=S)N(C(C(=O)O)c2ccccc2)C1=O)C(C)=O. The molecule has 1 saturated heterocycles. The van der Waals surface area contributed by atoms with Crippen molar-refractivity contribution in [3.63, 3.8) is 0 Å². The van der Waals surface area contributed by atoms with Crippen LogP contribution in [0.3, 0.4) is 0 Å². The summed E-state index contributed by atoms with van der Waals surface area (Å²) in [4.78, 5) is 38.3. The smallest absolute Gasteiger partial charge is 0.331 e. The molecular weight excluding hydrogens is 434 g/mol. The Hall–Kier alpha value is -2.97. The van der Waals surface area contributed by atoms with E-state index in [0.29, 0.717) is 28.2 Å². The Balaban J connectivity index is 1.94. The van der Waals surface area contributed by atoms with Crippen molar-refractivity contribution >= 4 is 52.0 Å². The van der Waals surface area contributed by atoms with Crippen molar-refractivity contribution in [2.45, 2.75) is 32.4 Å². The number of ketones is 1. The Labute approximate surface area is 189 Å². The molecule has 6 nitrogen and oxygen atoms in total. The van der Waals surface area contributed by atoms with E-state index >= 15 is 0 Å². The first-order valence-corrected chi connectivity index (χ1v) is 10.9. The number of benzene rings is 2. The molecule has 1 aliphatic rings. The van der Waals surface area contributed by atoms with E-state index in [4.69, 9.17) is 17.0 Å². The first-order valence-electron chi connectivity index (χ1n) is 9.64. The van der Waals surface area contributed by atoms with Crippen LogP contribution in [0.15, 0.2) is 59.5 Å². The summed E-state index contributed by atoms with van der Waals surface area (Å²) >= 11 is 6.39. The van der Waals surface area contributed by atoms with E-state index < -0.39 is 24.0 Å². The summed E-state index contributed by atoms with van der Waals surface area (Å²) in [5, 5.41) is 9.79. The average Bonchev–Trinajstić information content (AvgIpc) is 3.01. The van der Waals surface area contributed by atoms with Gasteiger partial charge in [-0.25, -0.2) is 4.79 Å². The summed E-state index contributed by atoms with van der Waals surface area (Å²) in [6.07, 6.45) is 1.55. The minimum Gasteiger partial charge on any atom is -0.482 e. The van der Waals surface area contributed by atoms with Gasteiger partial charge in [-0.05, 0) is 31.1 Å². The summed E-state index contributed by atoms with van der Waals surface area (Å²) in [5.41, 5.74) is 1.07. The molecule has 2 unspecified atom stereocenters. The number of thioether (sulfide) groups is 1. The number of carboxylic acids is 1. The van der Waals surface area contributed by atoms with Crippen LogP contribution in [0.4, 0.5) is 0 Å². The fourth-order valence-corrected chi connectivity index (χ4v) is 4.50. The maximum atomic E-state index is 13.1. The lowest BCUT2D eigenvalue weighted by Gasteiger charge is -2.23. The van der Waals surface area contributed by atoms with Crippen LogP contribution >= 0.6 is 24.0 Å². The molecule has 0 aromatic heterocycles. The number of Topliss-reactive ketones (excluding diaryl/α,β-unsaturated/α-hetero) is 1. The van der Waals surface area contributed by atoms with E-state index in [1.807, 2.05) is 6.92 Å². The van der Waals surface area contributed by atoms with Crippen LogP contribution in [-0.2, 0) is 14.4 Å². The Kier molecular flexibility index (Phi) is 7.25. The van der Waals surface area contributed by atoms with E-state index in [9.17, 15) is 19.5 Å². The van der Waals surface area contributed by atoms with Gasteiger partial charge in [0.15, 0.2) is 17.9 Å². The lowest BCUT2D eigenvalue weighted by atomic mass is 10.1. The summed E-state index contributed by atoms with van der Waals surface area (Å²) in [6.45, 7) is 3.33. The second-order valence-electron chi connectivity index (χ2n) is 6.87. The first kappa shape index (κ1) is 22.7. The highest BCUT2D eigenvalue weighted by atomic mass is 32.2. The summed E-state index contributed by atoms with van der Waals surface area (Å²) < 4.78 is 6.02. The monoisotopic (exact) mass is 455 g/mol. The maximum absolute atomic E-state index is 13.1. The summed E-state index contributed by atoms with van der Waals surface area (Å²) in [7, 11) is 0. The third kappa shape index (κ3) is 5.03. The van der Waals surface area contributed by atoms with Crippen molar-refractivity contribution < 1.29 is 24.2 Å². The Morgan fingerprint density at radius 3 is 2.42 bits per heavy atom. The molecule has 31 heavy (non-hydrogen) atoms. The van der Waals surface area contributed by atoms with Gasteiger partial charge in [-0.1, -0.05) is 79.4 Å². The lowest BCUT2D eigenvalue weighted by Crippen LogP contribution is -2.37. The van der Waals surface area contributed by atoms with Crippen molar-refractivity contribution in [1.82, 2.24) is 4.90 Å². The molecule has 160 valence electrons. The molecule has 1 amide bonds. The highest BCUT2D eigenvalue weighted by Gasteiger charge is 2.41. The maximum Gasteiger partial charge on any atom is 0.331 e. The summed E-state index contributed by atoms with van der Waals surface area (Å²) in [5.74, 6) is -1.28. The van der Waals surface area contributed by atoms with Crippen LogP contribution in [0.2, 0.25) is 0 Å². The Morgan fingerprint density at radius 2 is 1.81 bits per heavy atom. The number of aliphatic carboxylic acids is 1. The molecule has 0 radical (unpaired) electrons. The standard InChI is InChI=1S/C23H21NO5S2/c1-3-17(14(2)25)29-18-12-8-7-11-16(18)13-19-21(26)24(23(30)31-19)20(22(27)28)15-9-5-4-6-10-15/h4-13,17,20H,3H2,1-2H3,(H,27,28)/b19-13-. The minimum atomic E-state index is -1.21. The molecular formula is C23H21NO5S2. The minimum absolute atomic E-state index is 0.0872. The van der Waals surface area contributed by atoms with Crippen LogP contribution in [0.5, 0.6) is 5.75 Å². The Bertz CT molecular complexity index is 1050. The molecule has 0 saturated carbocycles. The largest absolute Gasteiger partial charge is 0.482 e. The zero-order chi connectivity index (χ0) is 22.5. The topological polar surface area (TPSA) is 83.9 Å². The molecule has 1 N–H and O–H groups in total. The van der Waals surface area contributed by atoms with Crippen LogP contribution < -0.4 is 4.74 Å². The van der Waals surface area contributed by atoms with Crippen molar-refractivity contribution in [2.24, 2.45) is 0 Å². The molecule has 1 heterocycles. The molecule has 1 fully saturated rings. The zero-order valence-electron chi connectivity index (χ0n) is 17.0. The second kappa shape index (κ2) is 9.89. The number of carboxylic acid groups (broad SMARTS) is 1. The van der Waals surface area contributed by atoms with Gasteiger partial charge in [0.25, 0.3) is 5.91 Å². The van der Waals surface area contributed by atoms with Crippen LogP contribution in [0.25, 0.3) is 6.08 Å². The number of ether oxygens (including phenoxy) is 1. The predicted molar refractivity (Wildman–Crippen MR) is 124 cm³/mol. The predicted octanol–water partition coefficient (Wildman–Crippen LogP) is 4.46. The molecule has 8 heteroatoms. The van der Waals surface area contributed by atoms with Gasteiger partial charge < -0.3 is 9.84 Å². The quantitative estimate of drug-likeness (QED) is 0.465. The number of rotatable bonds is 8. The Morgan fingerprint density at radius 1 is 1.16 bits per heavy atom. The van der Waals surface area contributed by atoms with Crippen molar-refractivity contribution in [3.05, 3.63) is 70.6 Å². The molecule has 0 spiro atoms. The summed E-state index contributed by atoms with van der Waals surface area (Å²) in [6, 6.07) is 14.3. The number of para-hydroxylation sites is 1. The third-order valence-corrected chi connectivity index (χ3v) is 6.06. The van der Waals surface area contributed by atoms with Gasteiger partial charge in [0.1, 0.15) is 10.1 Å². The van der Waals surface area contributed by atoms with Crippen molar-refractivity contribution in [2.75, 3.05) is 0 Å². The van der Waals surface area contributed by atoms with Crippen molar-refractivity contribution in [3.8, 4) is 5.75 Å². The second-order valence-corrected chi connectivity index (χ2v) is 8.54. The highest BCUT2D eigenvalue weighted by Crippen LogP contribution is 2.39. The molecule has 0 aliphatic carbocycles. The normalized spacial score (nSPS) is 17.0. The molecule has 2 aromatic rings. The van der Waals surface area contributed by atoms with E-state index in [1.165, 1.54) is 6.92 Å². The molecule has 2 aromatic carbocycles. The van der Waals surface area contributed by atoms with Gasteiger partial charge >= 0.3 is 5.97 Å². The van der Waals surface area contributed by atoms with E-state index in [-0.39, 0.29) is 10.1 Å². The molecule has 2 atom stereocenters. The lowest BCUT2D eigenvalue weighted by molar-refractivity contribution is -0.145. The first-order chi connectivity index (χ1) is 14.8. The van der Waals surface area contributed by atoms with Crippen LogP contribution in [0, 0.1) is 0 Å². The number of amides is 1. The average molecular weight is 456 g/mol. The third-order valence-electron chi connectivity index (χ3n) is 4.73. The number of carbonyl (C=O) groups is 3. The van der Waals surface area contributed by atoms with Gasteiger partial charge in [-0.15, -0.1) is 0 Å². The molecule has 3 rings (SSSR count). The highest BCUT2D eigenvalue weighted by molar-refractivity contribution is 8.26. The van der Waals surface area contributed by atoms with Gasteiger partial charge in [-0.2, -0.15) is 0 Å². The van der Waals surface area contributed by atoms with Gasteiger partial charge in [-0.3, -0.25) is 14.5 Å². The van der Waals surface area contributed by atoms with E-state index in [0.717, 1.165) is 16.7 Å². The fourth-order valence-electron chi connectivity index (χ4n) is 3.20. The zero-order valence-corrected chi connectivity index (χ0v) is 18.6. The molecule has 1 aliphatic heterocycles. The van der Waals surface area contributed by atoms with Crippen molar-refractivity contribution in [1.29, 1.82) is 0 Å². The number of hydrogen-bond donors (Lipinski definition) is 1. The van der Waals surface area contributed by atoms with Gasteiger partial charge in [0.2, 0.25) is 0 Å².